The summed E-state index contributed by atoms with van der Waals surface area (Å²) in [4.78, 5) is 21.3. The SMILES string of the molecule is Cc1ccc(C2C(C=NNc3ccc([N+](=O)[O-])cc3[N+](=O)[O-])=C(c3ccccc3)Oc3ccccc32)cc1. The van der Waals surface area contributed by atoms with E-state index in [9.17, 15) is 20.2 Å². The molecule has 1 N–H and O–H groups in total. The molecule has 1 aliphatic rings. The van der Waals surface area contributed by atoms with E-state index in [0.717, 1.165) is 39.6 Å². The van der Waals surface area contributed by atoms with Gasteiger partial charge in [-0.15, -0.1) is 0 Å². The topological polar surface area (TPSA) is 120 Å². The van der Waals surface area contributed by atoms with Crippen LogP contribution in [0.5, 0.6) is 5.75 Å². The highest BCUT2D eigenvalue weighted by atomic mass is 16.6. The fraction of sp³-hybridized carbons (Fsp3) is 0.0690. The van der Waals surface area contributed by atoms with Gasteiger partial charge in [0.1, 0.15) is 17.2 Å². The van der Waals surface area contributed by atoms with Gasteiger partial charge in [0, 0.05) is 28.7 Å². The zero-order valence-electron chi connectivity index (χ0n) is 20.3. The fourth-order valence-electron chi connectivity index (χ4n) is 4.40. The van der Waals surface area contributed by atoms with Crippen LogP contribution in [0.25, 0.3) is 5.76 Å². The lowest BCUT2D eigenvalue weighted by Gasteiger charge is -2.30. The monoisotopic (exact) mass is 506 g/mol. The summed E-state index contributed by atoms with van der Waals surface area (Å²) in [6, 6.07) is 29.0. The molecule has 5 rings (SSSR count). The molecular weight excluding hydrogens is 484 g/mol. The first-order valence-electron chi connectivity index (χ1n) is 11.8. The Hall–Kier alpha value is -5.31. The number of ether oxygens (including phenoxy) is 1. The number of nitro benzene ring substituents is 2. The van der Waals surface area contributed by atoms with Crippen molar-refractivity contribution in [3.05, 3.63) is 145 Å². The molecule has 0 spiro atoms. The van der Waals surface area contributed by atoms with Crippen molar-refractivity contribution in [3.63, 3.8) is 0 Å². The van der Waals surface area contributed by atoms with Crippen molar-refractivity contribution in [2.45, 2.75) is 12.8 Å². The van der Waals surface area contributed by atoms with Crippen LogP contribution in [-0.2, 0) is 0 Å². The molecule has 0 aromatic heterocycles. The third-order valence-corrected chi connectivity index (χ3v) is 6.24. The van der Waals surface area contributed by atoms with E-state index in [1.807, 2.05) is 73.7 Å². The number of benzene rings is 4. The van der Waals surface area contributed by atoms with E-state index >= 15 is 0 Å². The molecule has 0 aliphatic carbocycles. The highest BCUT2D eigenvalue weighted by molar-refractivity contribution is 5.94. The Morgan fingerprint density at radius 3 is 2.29 bits per heavy atom. The predicted molar refractivity (Wildman–Crippen MR) is 145 cm³/mol. The summed E-state index contributed by atoms with van der Waals surface area (Å²) in [6.07, 6.45) is 1.59. The summed E-state index contributed by atoms with van der Waals surface area (Å²) in [5, 5.41) is 27.0. The van der Waals surface area contributed by atoms with Crippen molar-refractivity contribution in [1.29, 1.82) is 0 Å². The molecule has 0 fully saturated rings. The van der Waals surface area contributed by atoms with Gasteiger partial charge >= 0.3 is 5.69 Å². The van der Waals surface area contributed by atoms with Crippen LogP contribution in [0, 0.1) is 27.2 Å². The molecule has 1 unspecified atom stereocenters. The molecule has 0 saturated heterocycles. The Morgan fingerprint density at radius 2 is 1.58 bits per heavy atom. The second kappa shape index (κ2) is 10.4. The summed E-state index contributed by atoms with van der Waals surface area (Å²) in [5.41, 5.74) is 6.61. The Balaban J connectivity index is 1.62. The summed E-state index contributed by atoms with van der Waals surface area (Å²) < 4.78 is 6.39. The van der Waals surface area contributed by atoms with Crippen LogP contribution in [-0.4, -0.2) is 16.1 Å². The number of hydrazone groups is 1. The first kappa shape index (κ1) is 24.4. The van der Waals surface area contributed by atoms with E-state index in [1.165, 1.54) is 12.1 Å². The Morgan fingerprint density at radius 1 is 0.868 bits per heavy atom. The lowest BCUT2D eigenvalue weighted by atomic mass is 9.81. The van der Waals surface area contributed by atoms with Crippen LogP contribution in [0.2, 0.25) is 0 Å². The number of hydrogen-bond acceptors (Lipinski definition) is 7. The molecule has 1 aliphatic heterocycles. The average Bonchev–Trinajstić information content (AvgIpc) is 2.93. The smallest absolute Gasteiger partial charge is 0.301 e. The zero-order chi connectivity index (χ0) is 26.6. The van der Waals surface area contributed by atoms with Gasteiger partial charge in [0.15, 0.2) is 0 Å². The van der Waals surface area contributed by atoms with Crippen LogP contribution in [0.4, 0.5) is 17.1 Å². The van der Waals surface area contributed by atoms with Crippen molar-refractivity contribution >= 4 is 29.0 Å². The molecule has 9 heteroatoms. The van der Waals surface area contributed by atoms with Gasteiger partial charge < -0.3 is 4.74 Å². The number of rotatable bonds is 7. The van der Waals surface area contributed by atoms with Crippen LogP contribution >= 0.6 is 0 Å². The average molecular weight is 507 g/mol. The molecule has 38 heavy (non-hydrogen) atoms. The first-order chi connectivity index (χ1) is 18.4. The normalized spacial score (nSPS) is 14.6. The number of fused-ring (bicyclic) bond motifs is 1. The van der Waals surface area contributed by atoms with Crippen molar-refractivity contribution < 1.29 is 14.6 Å². The number of allylic oxidation sites excluding steroid dienone is 1. The summed E-state index contributed by atoms with van der Waals surface area (Å²) in [6.45, 7) is 2.02. The maximum absolute atomic E-state index is 11.6. The van der Waals surface area contributed by atoms with Crippen LogP contribution in [0.1, 0.15) is 28.2 Å². The zero-order valence-corrected chi connectivity index (χ0v) is 20.3. The first-order valence-corrected chi connectivity index (χ1v) is 11.8. The summed E-state index contributed by atoms with van der Waals surface area (Å²) in [5.74, 6) is 1.11. The standard InChI is InChI=1S/C29H22N4O5/c1-19-11-13-20(14-12-19)28-23-9-5-6-10-27(23)38-29(21-7-3-2-4-8-21)24(28)18-30-31-25-16-15-22(32(34)35)17-26(25)33(36)37/h2-18,28,31H,1H3. The van der Waals surface area contributed by atoms with Gasteiger partial charge in [0.2, 0.25) is 0 Å². The minimum absolute atomic E-state index is 0.0303. The number of non-ortho nitro benzene ring substituents is 1. The predicted octanol–water partition coefficient (Wildman–Crippen LogP) is 6.84. The van der Waals surface area contributed by atoms with E-state index < -0.39 is 15.5 Å². The van der Waals surface area contributed by atoms with Gasteiger partial charge in [-0.1, -0.05) is 78.4 Å². The number of anilines is 1. The quantitative estimate of drug-likeness (QED) is 0.166. The van der Waals surface area contributed by atoms with E-state index in [1.54, 1.807) is 6.21 Å². The summed E-state index contributed by atoms with van der Waals surface area (Å²) >= 11 is 0. The fourth-order valence-corrected chi connectivity index (χ4v) is 4.40. The second-order valence-corrected chi connectivity index (χ2v) is 8.72. The number of para-hydroxylation sites is 1. The molecule has 188 valence electrons. The molecular formula is C29H22N4O5. The minimum atomic E-state index is -0.686. The lowest BCUT2D eigenvalue weighted by molar-refractivity contribution is -0.393. The molecule has 0 amide bonds. The molecule has 4 aromatic rings. The highest BCUT2D eigenvalue weighted by Gasteiger charge is 2.31. The number of hydrogen-bond donors (Lipinski definition) is 1. The Kier molecular flexibility index (Phi) is 6.65. The van der Waals surface area contributed by atoms with Crippen LogP contribution in [0.3, 0.4) is 0 Å². The summed E-state index contributed by atoms with van der Waals surface area (Å²) in [7, 11) is 0. The van der Waals surface area contributed by atoms with E-state index in [4.69, 9.17) is 4.74 Å². The van der Waals surface area contributed by atoms with Crippen LogP contribution in [0.15, 0.2) is 108 Å². The van der Waals surface area contributed by atoms with Crippen molar-refractivity contribution in [1.82, 2.24) is 0 Å². The molecule has 4 aromatic carbocycles. The number of nitrogens with zero attached hydrogens (tertiary/aromatic N) is 3. The van der Waals surface area contributed by atoms with Gasteiger partial charge in [0.25, 0.3) is 5.69 Å². The van der Waals surface area contributed by atoms with Gasteiger partial charge in [0.05, 0.1) is 22.1 Å². The molecule has 0 saturated carbocycles. The molecule has 0 bridgehead atoms. The maximum atomic E-state index is 11.6. The Bertz CT molecular complexity index is 1580. The third-order valence-electron chi connectivity index (χ3n) is 6.24. The van der Waals surface area contributed by atoms with E-state index in [-0.39, 0.29) is 17.3 Å². The van der Waals surface area contributed by atoms with Crippen molar-refractivity contribution in [3.8, 4) is 5.75 Å². The van der Waals surface area contributed by atoms with Gasteiger partial charge in [-0.05, 0) is 24.6 Å². The van der Waals surface area contributed by atoms with Crippen molar-refractivity contribution in [2.24, 2.45) is 5.10 Å². The maximum Gasteiger partial charge on any atom is 0.301 e. The van der Waals surface area contributed by atoms with E-state index in [0.29, 0.717) is 5.76 Å². The number of aryl methyl sites for hydroxylation is 1. The minimum Gasteiger partial charge on any atom is -0.456 e. The largest absolute Gasteiger partial charge is 0.456 e. The number of nitrogens with one attached hydrogen (secondary N) is 1. The van der Waals surface area contributed by atoms with Gasteiger partial charge in [-0.3, -0.25) is 25.7 Å². The van der Waals surface area contributed by atoms with Crippen molar-refractivity contribution in [2.75, 3.05) is 5.43 Å². The van der Waals surface area contributed by atoms with Crippen LogP contribution < -0.4 is 10.2 Å². The van der Waals surface area contributed by atoms with E-state index in [2.05, 4.69) is 22.7 Å². The highest BCUT2D eigenvalue weighted by Crippen LogP contribution is 2.45. The van der Waals surface area contributed by atoms with Gasteiger partial charge in [-0.2, -0.15) is 5.10 Å². The second-order valence-electron chi connectivity index (χ2n) is 8.72. The molecule has 1 atom stereocenters. The van der Waals surface area contributed by atoms with Gasteiger partial charge in [-0.25, -0.2) is 0 Å². The third kappa shape index (κ3) is 4.85. The molecule has 9 nitrogen and oxygen atoms in total. The number of nitro groups is 2. The molecule has 0 radical (unpaired) electrons. The molecule has 1 heterocycles. The Labute approximate surface area is 218 Å². The lowest BCUT2D eigenvalue weighted by Crippen LogP contribution is -2.17.